The minimum Gasteiger partial charge on any atom is -0.394 e. The van der Waals surface area contributed by atoms with Crippen LogP contribution in [-0.2, 0) is 4.79 Å². The zero-order valence-corrected chi connectivity index (χ0v) is 10.5. The Morgan fingerprint density at radius 2 is 2.00 bits per heavy atom. The van der Waals surface area contributed by atoms with E-state index in [4.69, 9.17) is 10.8 Å². The normalized spacial score (nSPS) is 12.8. The Balaban J connectivity index is 3.66. The van der Waals surface area contributed by atoms with Crippen LogP contribution in [-0.4, -0.2) is 30.2 Å². The molecule has 0 bridgehead atoms. The lowest BCUT2D eigenvalue weighted by Gasteiger charge is -2.18. The molecule has 0 heterocycles. The number of aliphatic hydroxyl groups is 1. The van der Waals surface area contributed by atoms with E-state index in [9.17, 15) is 4.79 Å². The molecule has 4 heteroatoms. The van der Waals surface area contributed by atoms with Crippen LogP contribution in [0, 0.1) is 5.92 Å². The van der Waals surface area contributed by atoms with E-state index in [1.54, 1.807) is 0 Å². The Labute approximate surface area is 98.6 Å². The van der Waals surface area contributed by atoms with Crippen LogP contribution in [0.3, 0.4) is 0 Å². The highest BCUT2D eigenvalue weighted by molar-refractivity contribution is 5.76. The summed E-state index contributed by atoms with van der Waals surface area (Å²) in [4.78, 5) is 11.5. The van der Waals surface area contributed by atoms with Gasteiger partial charge in [-0.25, -0.2) is 0 Å². The molecule has 1 unspecified atom stereocenters. The molecule has 0 saturated carbocycles. The van der Waals surface area contributed by atoms with Gasteiger partial charge in [-0.05, 0) is 31.7 Å². The highest BCUT2D eigenvalue weighted by atomic mass is 16.3. The van der Waals surface area contributed by atoms with Gasteiger partial charge in [0.25, 0.3) is 0 Å². The number of aliphatic hydroxyl groups excluding tert-OH is 1. The van der Waals surface area contributed by atoms with Gasteiger partial charge in [0, 0.05) is 6.42 Å². The van der Waals surface area contributed by atoms with E-state index in [1.807, 2.05) is 0 Å². The molecule has 0 saturated heterocycles. The first-order chi connectivity index (χ1) is 7.60. The summed E-state index contributed by atoms with van der Waals surface area (Å²) in [5.74, 6) is 0.520. The lowest BCUT2D eigenvalue weighted by molar-refractivity contribution is -0.122. The average molecular weight is 230 g/mol. The molecule has 1 atom stereocenters. The zero-order chi connectivity index (χ0) is 12.4. The molecular formula is C12H26N2O2. The third-order valence-electron chi connectivity index (χ3n) is 2.45. The van der Waals surface area contributed by atoms with Gasteiger partial charge < -0.3 is 16.2 Å². The predicted molar refractivity (Wildman–Crippen MR) is 66.0 cm³/mol. The number of amides is 1. The maximum absolute atomic E-state index is 11.5. The molecule has 0 aliphatic rings. The summed E-state index contributed by atoms with van der Waals surface area (Å²) in [6.07, 6.45) is 4.21. The Hall–Kier alpha value is -0.610. The van der Waals surface area contributed by atoms with Crippen molar-refractivity contribution in [3.8, 4) is 0 Å². The summed E-state index contributed by atoms with van der Waals surface area (Å²) < 4.78 is 0. The van der Waals surface area contributed by atoms with E-state index in [0.29, 0.717) is 18.9 Å². The molecule has 1 amide bonds. The van der Waals surface area contributed by atoms with Gasteiger partial charge in [0.1, 0.15) is 0 Å². The van der Waals surface area contributed by atoms with Gasteiger partial charge in [0.15, 0.2) is 0 Å². The number of carbonyl (C=O) groups is 1. The summed E-state index contributed by atoms with van der Waals surface area (Å²) in [6, 6.07) is -0.0954. The van der Waals surface area contributed by atoms with Crippen molar-refractivity contribution in [2.24, 2.45) is 11.7 Å². The molecule has 0 rings (SSSR count). The second-order valence-corrected chi connectivity index (χ2v) is 4.68. The molecule has 4 N–H and O–H groups in total. The molecule has 0 aliphatic heterocycles. The highest BCUT2D eigenvalue weighted by Gasteiger charge is 2.12. The molecular weight excluding hydrogens is 204 g/mol. The minimum absolute atomic E-state index is 0.0206. The van der Waals surface area contributed by atoms with Crippen LogP contribution in [0.2, 0.25) is 0 Å². The fourth-order valence-corrected chi connectivity index (χ4v) is 1.65. The number of rotatable bonds is 9. The van der Waals surface area contributed by atoms with Crippen molar-refractivity contribution < 1.29 is 9.90 Å². The van der Waals surface area contributed by atoms with Crippen molar-refractivity contribution in [3.63, 3.8) is 0 Å². The van der Waals surface area contributed by atoms with Gasteiger partial charge in [-0.15, -0.1) is 0 Å². The molecule has 16 heavy (non-hydrogen) atoms. The summed E-state index contributed by atoms with van der Waals surface area (Å²) in [5.41, 5.74) is 5.37. The highest BCUT2D eigenvalue weighted by Crippen LogP contribution is 2.05. The van der Waals surface area contributed by atoms with Crippen molar-refractivity contribution in [1.29, 1.82) is 0 Å². The number of nitrogens with two attached hydrogens (primary N) is 1. The summed E-state index contributed by atoms with van der Waals surface area (Å²) in [7, 11) is 0. The number of hydrogen-bond acceptors (Lipinski definition) is 3. The lowest BCUT2D eigenvalue weighted by Crippen LogP contribution is -2.38. The number of nitrogens with one attached hydrogen (secondary N) is 1. The third kappa shape index (κ3) is 8.68. The Morgan fingerprint density at radius 3 is 2.50 bits per heavy atom. The van der Waals surface area contributed by atoms with Crippen molar-refractivity contribution in [2.45, 2.75) is 52.0 Å². The average Bonchev–Trinajstić information content (AvgIpc) is 2.23. The van der Waals surface area contributed by atoms with Crippen molar-refractivity contribution in [3.05, 3.63) is 0 Å². The van der Waals surface area contributed by atoms with Crippen molar-refractivity contribution in [2.75, 3.05) is 13.2 Å². The standard InChI is InChI=1S/C12H26N2O2/c1-10(2)8-11(9-15)14-12(16)6-4-3-5-7-13/h10-11,15H,3-9,13H2,1-2H3,(H,14,16). The largest absolute Gasteiger partial charge is 0.394 e. The zero-order valence-electron chi connectivity index (χ0n) is 10.5. The monoisotopic (exact) mass is 230 g/mol. The van der Waals surface area contributed by atoms with Crippen LogP contribution in [0.15, 0.2) is 0 Å². The summed E-state index contributed by atoms with van der Waals surface area (Å²) in [6.45, 7) is 4.87. The third-order valence-corrected chi connectivity index (χ3v) is 2.45. The lowest BCUT2D eigenvalue weighted by atomic mass is 10.0. The minimum atomic E-state index is -0.0954. The summed E-state index contributed by atoms with van der Waals surface area (Å²) in [5, 5.41) is 12.0. The number of hydrogen-bond donors (Lipinski definition) is 3. The first kappa shape index (κ1) is 15.4. The fraction of sp³-hybridized carbons (Fsp3) is 0.917. The molecule has 96 valence electrons. The second kappa shape index (κ2) is 9.60. The smallest absolute Gasteiger partial charge is 0.220 e. The van der Waals surface area contributed by atoms with Gasteiger partial charge in [-0.2, -0.15) is 0 Å². The van der Waals surface area contributed by atoms with E-state index in [1.165, 1.54) is 0 Å². The molecule has 0 aromatic carbocycles. The topological polar surface area (TPSA) is 75.3 Å². The maximum Gasteiger partial charge on any atom is 0.220 e. The van der Waals surface area contributed by atoms with E-state index < -0.39 is 0 Å². The van der Waals surface area contributed by atoms with Crippen LogP contribution in [0.1, 0.15) is 46.0 Å². The molecule has 0 spiro atoms. The van der Waals surface area contributed by atoms with Gasteiger partial charge >= 0.3 is 0 Å². The van der Waals surface area contributed by atoms with Crippen molar-refractivity contribution >= 4 is 5.91 Å². The second-order valence-electron chi connectivity index (χ2n) is 4.68. The van der Waals surface area contributed by atoms with E-state index in [0.717, 1.165) is 25.7 Å². The van der Waals surface area contributed by atoms with Gasteiger partial charge in [-0.3, -0.25) is 4.79 Å². The van der Waals surface area contributed by atoms with Crippen LogP contribution >= 0.6 is 0 Å². The van der Waals surface area contributed by atoms with Gasteiger partial charge in [-0.1, -0.05) is 20.3 Å². The van der Waals surface area contributed by atoms with E-state index in [-0.39, 0.29) is 18.6 Å². The number of unbranched alkanes of at least 4 members (excludes halogenated alkanes) is 2. The Bertz CT molecular complexity index is 184. The SMILES string of the molecule is CC(C)CC(CO)NC(=O)CCCCCN. The molecule has 0 aromatic heterocycles. The molecule has 0 fully saturated rings. The molecule has 0 aliphatic carbocycles. The van der Waals surface area contributed by atoms with Crippen LogP contribution < -0.4 is 11.1 Å². The van der Waals surface area contributed by atoms with Crippen LogP contribution in [0.4, 0.5) is 0 Å². The predicted octanol–water partition coefficient (Wildman–Crippen LogP) is 1.03. The Kier molecular flexibility index (Phi) is 9.24. The van der Waals surface area contributed by atoms with Gasteiger partial charge in [0.05, 0.1) is 12.6 Å². The first-order valence-electron chi connectivity index (χ1n) is 6.20. The van der Waals surface area contributed by atoms with Crippen LogP contribution in [0.5, 0.6) is 0 Å². The molecule has 4 nitrogen and oxygen atoms in total. The van der Waals surface area contributed by atoms with E-state index in [2.05, 4.69) is 19.2 Å². The fourth-order valence-electron chi connectivity index (χ4n) is 1.65. The van der Waals surface area contributed by atoms with Gasteiger partial charge in [0.2, 0.25) is 5.91 Å². The molecule has 0 radical (unpaired) electrons. The molecule has 0 aromatic rings. The Morgan fingerprint density at radius 1 is 1.31 bits per heavy atom. The van der Waals surface area contributed by atoms with Crippen molar-refractivity contribution in [1.82, 2.24) is 5.32 Å². The number of carbonyl (C=O) groups excluding carboxylic acids is 1. The summed E-state index contributed by atoms with van der Waals surface area (Å²) >= 11 is 0. The van der Waals surface area contributed by atoms with E-state index >= 15 is 0 Å². The maximum atomic E-state index is 11.5. The van der Waals surface area contributed by atoms with Crippen LogP contribution in [0.25, 0.3) is 0 Å². The quantitative estimate of drug-likeness (QED) is 0.518. The first-order valence-corrected chi connectivity index (χ1v) is 6.20.